The summed E-state index contributed by atoms with van der Waals surface area (Å²) in [5.74, 6) is 1.26. The molecule has 0 saturated carbocycles. The van der Waals surface area contributed by atoms with Gasteiger partial charge in [0, 0.05) is 13.0 Å². The van der Waals surface area contributed by atoms with Crippen molar-refractivity contribution >= 4 is 11.0 Å². The fourth-order valence-electron chi connectivity index (χ4n) is 2.13. The largest absolute Gasteiger partial charge is 0.328 e. The summed E-state index contributed by atoms with van der Waals surface area (Å²) in [4.78, 5) is 4.62. The molecule has 0 N–H and O–H groups in total. The first-order valence-electron chi connectivity index (χ1n) is 4.80. The van der Waals surface area contributed by atoms with Crippen molar-refractivity contribution in [2.45, 2.75) is 26.3 Å². The second-order valence-corrected chi connectivity index (χ2v) is 3.78. The quantitative estimate of drug-likeness (QED) is 0.596. The first kappa shape index (κ1) is 7.13. The molecule has 1 aromatic heterocycles. The Kier molecular flexibility index (Phi) is 1.29. The Morgan fingerprint density at radius 3 is 3.23 bits per heavy atom. The van der Waals surface area contributed by atoms with Crippen LogP contribution < -0.4 is 0 Å². The molecule has 1 aromatic carbocycles. The summed E-state index contributed by atoms with van der Waals surface area (Å²) in [6, 6.07) is 6.52. The number of aromatic nitrogens is 2. The van der Waals surface area contributed by atoms with Crippen LogP contribution in [0.5, 0.6) is 0 Å². The van der Waals surface area contributed by atoms with Gasteiger partial charge >= 0.3 is 0 Å². The van der Waals surface area contributed by atoms with E-state index < -0.39 is 0 Å². The monoisotopic (exact) mass is 172 g/mol. The maximum Gasteiger partial charge on any atom is 0.109 e. The van der Waals surface area contributed by atoms with Crippen molar-refractivity contribution in [3.05, 3.63) is 29.6 Å². The molecule has 0 unspecified atom stereocenters. The molecule has 0 spiro atoms. The molecule has 2 aromatic rings. The zero-order chi connectivity index (χ0) is 8.84. The molecule has 0 radical (unpaired) electrons. The molecule has 0 amide bonds. The van der Waals surface area contributed by atoms with Crippen molar-refractivity contribution < 1.29 is 0 Å². The predicted molar refractivity (Wildman–Crippen MR) is 52.8 cm³/mol. The standard InChI is InChI=1S/C11H12N2/c1-8-4-5-10-9(7-8)12-11-3-2-6-13(10)11/h4-5,7H,2-3,6H2,1H3. The van der Waals surface area contributed by atoms with Gasteiger partial charge in [0.1, 0.15) is 5.82 Å². The zero-order valence-corrected chi connectivity index (χ0v) is 7.75. The van der Waals surface area contributed by atoms with Crippen LogP contribution in [0.2, 0.25) is 0 Å². The molecular weight excluding hydrogens is 160 g/mol. The van der Waals surface area contributed by atoms with Crippen LogP contribution in [0.25, 0.3) is 11.0 Å². The van der Waals surface area contributed by atoms with E-state index in [1.54, 1.807) is 0 Å². The minimum atomic E-state index is 1.15. The Bertz CT molecular complexity index is 468. The molecule has 2 nitrogen and oxygen atoms in total. The fraction of sp³-hybridized carbons (Fsp3) is 0.364. The van der Waals surface area contributed by atoms with Crippen molar-refractivity contribution in [2.24, 2.45) is 0 Å². The van der Waals surface area contributed by atoms with Crippen LogP contribution in [0.1, 0.15) is 17.8 Å². The molecule has 66 valence electrons. The van der Waals surface area contributed by atoms with Gasteiger partial charge in [-0.1, -0.05) is 6.07 Å². The summed E-state index contributed by atoms with van der Waals surface area (Å²) in [6.07, 6.45) is 2.40. The van der Waals surface area contributed by atoms with E-state index in [0.29, 0.717) is 0 Å². The highest BCUT2D eigenvalue weighted by molar-refractivity contribution is 5.77. The van der Waals surface area contributed by atoms with E-state index >= 15 is 0 Å². The van der Waals surface area contributed by atoms with E-state index in [1.807, 2.05) is 0 Å². The lowest BCUT2D eigenvalue weighted by Gasteiger charge is -1.97. The zero-order valence-electron chi connectivity index (χ0n) is 7.75. The smallest absolute Gasteiger partial charge is 0.109 e. The summed E-state index contributed by atoms with van der Waals surface area (Å²) in [6.45, 7) is 3.26. The van der Waals surface area contributed by atoms with Crippen LogP contribution in [0.4, 0.5) is 0 Å². The van der Waals surface area contributed by atoms with Crippen LogP contribution in [-0.2, 0) is 13.0 Å². The van der Waals surface area contributed by atoms with Gasteiger partial charge in [-0.15, -0.1) is 0 Å². The molecule has 1 aliphatic heterocycles. The summed E-state index contributed by atoms with van der Waals surface area (Å²) < 4.78 is 2.34. The SMILES string of the molecule is Cc1ccc2c(c1)nc1n2CCC1. The fourth-order valence-corrected chi connectivity index (χ4v) is 2.13. The normalized spacial score (nSPS) is 15.2. The third kappa shape index (κ3) is 0.916. The number of hydrogen-bond acceptors (Lipinski definition) is 1. The lowest BCUT2D eigenvalue weighted by molar-refractivity contribution is 0.771. The van der Waals surface area contributed by atoms with Gasteiger partial charge in [-0.3, -0.25) is 0 Å². The van der Waals surface area contributed by atoms with Gasteiger partial charge in [0.25, 0.3) is 0 Å². The minimum Gasteiger partial charge on any atom is -0.328 e. The summed E-state index contributed by atoms with van der Waals surface area (Å²) >= 11 is 0. The van der Waals surface area contributed by atoms with Gasteiger partial charge in [0.15, 0.2) is 0 Å². The van der Waals surface area contributed by atoms with Gasteiger partial charge in [-0.05, 0) is 31.0 Å². The summed E-state index contributed by atoms with van der Waals surface area (Å²) in [5.41, 5.74) is 3.76. The highest BCUT2D eigenvalue weighted by Gasteiger charge is 2.15. The summed E-state index contributed by atoms with van der Waals surface area (Å²) in [5, 5.41) is 0. The first-order valence-corrected chi connectivity index (χ1v) is 4.80. The van der Waals surface area contributed by atoms with Crippen LogP contribution in [0.15, 0.2) is 18.2 Å². The number of benzene rings is 1. The third-order valence-corrected chi connectivity index (χ3v) is 2.76. The van der Waals surface area contributed by atoms with E-state index in [-0.39, 0.29) is 0 Å². The van der Waals surface area contributed by atoms with E-state index in [1.165, 1.54) is 23.3 Å². The van der Waals surface area contributed by atoms with E-state index in [2.05, 4.69) is 34.7 Å². The second kappa shape index (κ2) is 2.34. The average molecular weight is 172 g/mol. The van der Waals surface area contributed by atoms with Crippen LogP contribution in [-0.4, -0.2) is 9.55 Å². The van der Waals surface area contributed by atoms with E-state index in [9.17, 15) is 0 Å². The maximum atomic E-state index is 4.62. The molecule has 2 heteroatoms. The minimum absolute atomic E-state index is 1.15. The van der Waals surface area contributed by atoms with Crippen LogP contribution in [0.3, 0.4) is 0 Å². The average Bonchev–Trinajstić information content (AvgIpc) is 2.62. The van der Waals surface area contributed by atoms with Crippen molar-refractivity contribution in [3.8, 4) is 0 Å². The molecule has 0 bridgehead atoms. The van der Waals surface area contributed by atoms with Crippen molar-refractivity contribution in [1.29, 1.82) is 0 Å². The van der Waals surface area contributed by atoms with Gasteiger partial charge in [-0.2, -0.15) is 0 Å². The number of rotatable bonds is 0. The Morgan fingerprint density at radius 1 is 1.38 bits per heavy atom. The lowest BCUT2D eigenvalue weighted by atomic mass is 10.2. The highest BCUT2D eigenvalue weighted by Crippen LogP contribution is 2.23. The number of fused-ring (bicyclic) bond motifs is 3. The Balaban J connectivity index is 2.38. The van der Waals surface area contributed by atoms with Crippen LogP contribution in [0, 0.1) is 6.92 Å². The van der Waals surface area contributed by atoms with Crippen molar-refractivity contribution in [3.63, 3.8) is 0 Å². The molecule has 0 saturated heterocycles. The Hall–Kier alpha value is -1.31. The second-order valence-electron chi connectivity index (χ2n) is 3.78. The number of hydrogen-bond donors (Lipinski definition) is 0. The van der Waals surface area contributed by atoms with Crippen molar-refractivity contribution in [2.75, 3.05) is 0 Å². The molecule has 0 atom stereocenters. The van der Waals surface area contributed by atoms with E-state index in [0.717, 1.165) is 18.5 Å². The molecule has 1 aliphatic rings. The third-order valence-electron chi connectivity index (χ3n) is 2.76. The Labute approximate surface area is 77.2 Å². The maximum absolute atomic E-state index is 4.62. The molecule has 2 heterocycles. The first-order chi connectivity index (χ1) is 6.34. The highest BCUT2D eigenvalue weighted by atomic mass is 15.1. The molecule has 13 heavy (non-hydrogen) atoms. The predicted octanol–water partition coefficient (Wildman–Crippen LogP) is 2.29. The number of aryl methyl sites for hydroxylation is 3. The topological polar surface area (TPSA) is 17.8 Å². The van der Waals surface area contributed by atoms with E-state index in [4.69, 9.17) is 0 Å². The Morgan fingerprint density at radius 2 is 2.31 bits per heavy atom. The molecule has 3 rings (SSSR count). The molecule has 0 fully saturated rings. The van der Waals surface area contributed by atoms with Crippen LogP contribution >= 0.6 is 0 Å². The molecular formula is C11H12N2. The number of nitrogens with zero attached hydrogens (tertiary/aromatic N) is 2. The van der Waals surface area contributed by atoms with Gasteiger partial charge < -0.3 is 4.57 Å². The van der Waals surface area contributed by atoms with Gasteiger partial charge in [0.05, 0.1) is 11.0 Å². The van der Waals surface area contributed by atoms with Gasteiger partial charge in [-0.25, -0.2) is 4.98 Å². The number of imidazole rings is 1. The van der Waals surface area contributed by atoms with Gasteiger partial charge in [0.2, 0.25) is 0 Å². The summed E-state index contributed by atoms with van der Waals surface area (Å²) in [7, 11) is 0. The molecule has 0 aliphatic carbocycles. The lowest BCUT2D eigenvalue weighted by Crippen LogP contribution is -1.90. The van der Waals surface area contributed by atoms with Crippen molar-refractivity contribution in [1.82, 2.24) is 9.55 Å².